The Hall–Kier alpha value is -0.620. The highest BCUT2D eigenvalue weighted by molar-refractivity contribution is 7.89. The third kappa shape index (κ3) is 5.40. The van der Waals surface area contributed by atoms with Crippen molar-refractivity contribution in [1.29, 1.82) is 0 Å². The van der Waals surface area contributed by atoms with Gasteiger partial charge in [-0.15, -0.1) is 12.4 Å². The lowest BCUT2D eigenvalue weighted by Crippen LogP contribution is -2.36. The average Bonchev–Trinajstić information content (AvgIpc) is 3.21. The van der Waals surface area contributed by atoms with Gasteiger partial charge in [0, 0.05) is 19.6 Å². The third-order valence-electron chi connectivity index (χ3n) is 3.45. The number of halogens is 1. The number of nitrogens with two attached hydrogens (primary N) is 1. The Bertz CT molecular complexity index is 489. The zero-order valence-electron chi connectivity index (χ0n) is 11.6. The summed E-state index contributed by atoms with van der Waals surface area (Å²) in [5.41, 5.74) is 6.55. The van der Waals surface area contributed by atoms with Gasteiger partial charge >= 0.3 is 0 Å². The minimum Gasteiger partial charge on any atom is -0.329 e. The second-order valence-electron chi connectivity index (χ2n) is 5.16. The monoisotopic (exact) mass is 318 g/mol. The Morgan fingerprint density at radius 3 is 2.40 bits per heavy atom. The molecule has 1 aromatic carbocycles. The van der Waals surface area contributed by atoms with Crippen molar-refractivity contribution in [2.45, 2.75) is 25.8 Å². The maximum atomic E-state index is 12.3. The lowest BCUT2D eigenvalue weighted by molar-refractivity contribution is 0.412. The highest BCUT2D eigenvalue weighted by atomic mass is 35.5. The van der Waals surface area contributed by atoms with E-state index < -0.39 is 10.0 Å². The summed E-state index contributed by atoms with van der Waals surface area (Å²) in [7, 11) is -3.18. The summed E-state index contributed by atoms with van der Waals surface area (Å²) in [5.74, 6) is 0.885. The fraction of sp³-hybridized carbons (Fsp3) is 0.571. The number of nitrogens with zero attached hydrogens (tertiary/aromatic N) is 1. The van der Waals surface area contributed by atoms with Crippen molar-refractivity contribution >= 4 is 22.4 Å². The first kappa shape index (κ1) is 17.4. The number of hydrogen-bond donors (Lipinski definition) is 1. The SMILES string of the molecule is Cl.NCCN(Cc1ccccc1)S(=O)(=O)CCC1CC1. The largest absolute Gasteiger partial charge is 0.329 e. The van der Waals surface area contributed by atoms with E-state index in [4.69, 9.17) is 5.73 Å². The molecule has 1 fully saturated rings. The molecule has 0 atom stereocenters. The minimum atomic E-state index is -3.18. The van der Waals surface area contributed by atoms with E-state index >= 15 is 0 Å². The second-order valence-corrected chi connectivity index (χ2v) is 7.24. The summed E-state index contributed by atoms with van der Waals surface area (Å²) < 4.78 is 26.2. The van der Waals surface area contributed by atoms with Gasteiger partial charge in [0.05, 0.1) is 5.75 Å². The Kier molecular flexibility index (Phi) is 6.95. The molecule has 1 aliphatic rings. The first-order valence-electron chi connectivity index (χ1n) is 6.83. The van der Waals surface area contributed by atoms with Crippen molar-refractivity contribution < 1.29 is 8.42 Å². The fourth-order valence-electron chi connectivity index (χ4n) is 2.10. The topological polar surface area (TPSA) is 63.4 Å². The van der Waals surface area contributed by atoms with Crippen LogP contribution in [0.4, 0.5) is 0 Å². The van der Waals surface area contributed by atoms with Crippen LogP contribution in [0.2, 0.25) is 0 Å². The number of sulfonamides is 1. The van der Waals surface area contributed by atoms with Crippen molar-refractivity contribution in [3.63, 3.8) is 0 Å². The number of rotatable bonds is 8. The van der Waals surface area contributed by atoms with Crippen molar-refractivity contribution in [2.75, 3.05) is 18.8 Å². The Labute approximate surface area is 127 Å². The Balaban J connectivity index is 0.00000200. The Morgan fingerprint density at radius 1 is 1.20 bits per heavy atom. The third-order valence-corrected chi connectivity index (χ3v) is 5.30. The molecule has 1 aromatic rings. The highest BCUT2D eigenvalue weighted by Crippen LogP contribution is 2.33. The van der Waals surface area contributed by atoms with E-state index in [2.05, 4.69) is 0 Å². The smallest absolute Gasteiger partial charge is 0.214 e. The van der Waals surface area contributed by atoms with Crippen LogP contribution in [-0.2, 0) is 16.6 Å². The molecule has 20 heavy (non-hydrogen) atoms. The van der Waals surface area contributed by atoms with Crippen LogP contribution in [-0.4, -0.2) is 31.6 Å². The van der Waals surface area contributed by atoms with Crippen LogP contribution in [0.1, 0.15) is 24.8 Å². The predicted octanol–water partition coefficient (Wildman–Crippen LogP) is 2.00. The van der Waals surface area contributed by atoms with Gasteiger partial charge in [-0.3, -0.25) is 0 Å². The molecule has 0 aromatic heterocycles. The van der Waals surface area contributed by atoms with Crippen LogP contribution in [0.25, 0.3) is 0 Å². The van der Waals surface area contributed by atoms with E-state index in [9.17, 15) is 8.42 Å². The average molecular weight is 319 g/mol. The van der Waals surface area contributed by atoms with Crippen LogP contribution < -0.4 is 5.73 Å². The van der Waals surface area contributed by atoms with Crippen molar-refractivity contribution in [2.24, 2.45) is 11.7 Å². The molecule has 2 rings (SSSR count). The van der Waals surface area contributed by atoms with Crippen LogP contribution in [0, 0.1) is 5.92 Å². The van der Waals surface area contributed by atoms with E-state index in [0.717, 1.165) is 12.0 Å². The quantitative estimate of drug-likeness (QED) is 0.797. The molecule has 0 spiro atoms. The van der Waals surface area contributed by atoms with Crippen LogP contribution in [0.15, 0.2) is 30.3 Å². The molecular weight excluding hydrogens is 296 g/mol. The van der Waals surface area contributed by atoms with Gasteiger partial charge in [0.15, 0.2) is 0 Å². The van der Waals surface area contributed by atoms with E-state index in [-0.39, 0.29) is 18.2 Å². The molecule has 0 unspecified atom stereocenters. The van der Waals surface area contributed by atoms with Crippen molar-refractivity contribution in [3.8, 4) is 0 Å². The molecule has 4 nitrogen and oxygen atoms in total. The van der Waals surface area contributed by atoms with Crippen molar-refractivity contribution in [3.05, 3.63) is 35.9 Å². The zero-order chi connectivity index (χ0) is 13.7. The summed E-state index contributed by atoms with van der Waals surface area (Å²) in [6.45, 7) is 1.17. The molecule has 114 valence electrons. The summed E-state index contributed by atoms with van der Waals surface area (Å²) in [4.78, 5) is 0. The highest BCUT2D eigenvalue weighted by Gasteiger charge is 2.27. The van der Waals surface area contributed by atoms with Gasteiger partial charge in [-0.1, -0.05) is 43.2 Å². The zero-order valence-corrected chi connectivity index (χ0v) is 13.2. The standard InChI is InChI=1S/C14H22N2O2S.ClH/c15-9-10-16(12-14-4-2-1-3-5-14)19(17,18)11-8-13-6-7-13;/h1-5,13H,6-12,15H2;1H. The summed E-state index contributed by atoms with van der Waals surface area (Å²) in [5, 5.41) is 0. The van der Waals surface area contributed by atoms with Crippen LogP contribution in [0.5, 0.6) is 0 Å². The van der Waals surface area contributed by atoms with Crippen LogP contribution >= 0.6 is 12.4 Å². The van der Waals surface area contributed by atoms with Gasteiger partial charge in [-0.25, -0.2) is 8.42 Å². The van der Waals surface area contributed by atoms with Crippen molar-refractivity contribution in [1.82, 2.24) is 4.31 Å². The molecule has 1 saturated carbocycles. The van der Waals surface area contributed by atoms with E-state index in [1.165, 1.54) is 17.1 Å². The normalized spacial score (nSPS) is 15.1. The van der Waals surface area contributed by atoms with E-state index in [1.807, 2.05) is 30.3 Å². The summed E-state index contributed by atoms with van der Waals surface area (Å²) >= 11 is 0. The van der Waals surface area contributed by atoms with Gasteiger partial charge in [0.2, 0.25) is 10.0 Å². The van der Waals surface area contributed by atoms with Gasteiger partial charge in [-0.2, -0.15) is 4.31 Å². The maximum absolute atomic E-state index is 12.3. The fourth-order valence-corrected chi connectivity index (χ4v) is 3.72. The molecule has 2 N–H and O–H groups in total. The van der Waals surface area contributed by atoms with Crippen LogP contribution in [0.3, 0.4) is 0 Å². The van der Waals surface area contributed by atoms with E-state index in [0.29, 0.717) is 25.6 Å². The van der Waals surface area contributed by atoms with E-state index in [1.54, 1.807) is 0 Å². The van der Waals surface area contributed by atoms with Gasteiger partial charge in [0.1, 0.15) is 0 Å². The first-order valence-corrected chi connectivity index (χ1v) is 8.44. The predicted molar refractivity (Wildman–Crippen MR) is 84.3 cm³/mol. The maximum Gasteiger partial charge on any atom is 0.214 e. The Morgan fingerprint density at radius 2 is 1.85 bits per heavy atom. The molecule has 0 radical (unpaired) electrons. The minimum absolute atomic E-state index is 0. The lowest BCUT2D eigenvalue weighted by atomic mass is 10.2. The lowest BCUT2D eigenvalue weighted by Gasteiger charge is -2.21. The summed E-state index contributed by atoms with van der Waals surface area (Å²) in [6, 6.07) is 9.66. The van der Waals surface area contributed by atoms with Gasteiger partial charge < -0.3 is 5.73 Å². The molecular formula is C14H23ClN2O2S. The molecule has 0 heterocycles. The molecule has 0 aliphatic heterocycles. The molecule has 6 heteroatoms. The number of benzene rings is 1. The second kappa shape index (κ2) is 7.98. The molecule has 0 amide bonds. The van der Waals surface area contributed by atoms with Gasteiger partial charge in [-0.05, 0) is 17.9 Å². The molecule has 1 aliphatic carbocycles. The van der Waals surface area contributed by atoms with Gasteiger partial charge in [0.25, 0.3) is 0 Å². The summed E-state index contributed by atoms with van der Waals surface area (Å²) in [6.07, 6.45) is 3.16. The first-order chi connectivity index (χ1) is 9.12. The number of hydrogen-bond acceptors (Lipinski definition) is 3. The molecule has 0 saturated heterocycles. The molecule has 0 bridgehead atoms.